The Bertz CT molecular complexity index is 631. The van der Waals surface area contributed by atoms with Crippen LogP contribution in [-0.2, 0) is 6.42 Å². The molecule has 0 aliphatic rings. The lowest BCUT2D eigenvalue weighted by molar-refractivity contribution is 0.526. The fraction of sp³-hybridized carbons (Fsp3) is 0.250. The van der Waals surface area contributed by atoms with Gasteiger partial charge in [0.25, 0.3) is 0 Å². The number of nitrogens with one attached hydrogen (secondary N) is 1. The van der Waals surface area contributed by atoms with E-state index in [4.69, 9.17) is 0 Å². The van der Waals surface area contributed by atoms with E-state index in [2.05, 4.69) is 66.1 Å². The van der Waals surface area contributed by atoms with E-state index in [0.717, 1.165) is 25.5 Å². The van der Waals surface area contributed by atoms with Crippen LogP contribution in [0.2, 0.25) is 0 Å². The molecule has 21 heavy (non-hydrogen) atoms. The summed E-state index contributed by atoms with van der Waals surface area (Å²) in [4.78, 5) is 0. The third-order valence-electron chi connectivity index (χ3n) is 3.23. The molecule has 2 rings (SSSR count). The van der Waals surface area contributed by atoms with Gasteiger partial charge in [-0.25, -0.2) is 4.39 Å². The maximum Gasteiger partial charge on any atom is 0.127 e. The summed E-state index contributed by atoms with van der Waals surface area (Å²) in [6, 6.07) is 11.3. The monoisotopic (exact) mass is 477 g/mol. The fourth-order valence-electron chi connectivity index (χ4n) is 2.23. The quantitative estimate of drug-likeness (QED) is 0.554. The van der Waals surface area contributed by atoms with Gasteiger partial charge in [0.2, 0.25) is 0 Å². The third-order valence-corrected chi connectivity index (χ3v) is 4.90. The number of benzene rings is 2. The van der Waals surface area contributed by atoms with Gasteiger partial charge in [0.05, 0.1) is 0 Å². The molecule has 0 aliphatic carbocycles. The molecule has 1 unspecified atom stereocenters. The van der Waals surface area contributed by atoms with Gasteiger partial charge in [-0.05, 0) is 48.4 Å². The summed E-state index contributed by atoms with van der Waals surface area (Å²) in [5, 5.41) is 3.43. The molecular formula is C16H15Br3FN. The molecule has 0 fully saturated rings. The van der Waals surface area contributed by atoms with Crippen LogP contribution >= 0.6 is 47.8 Å². The molecule has 1 nitrogen and oxygen atoms in total. The molecule has 0 radical (unpaired) electrons. The predicted octanol–water partition coefficient (Wildman–Crippen LogP) is 6.01. The van der Waals surface area contributed by atoms with Crippen LogP contribution in [0.25, 0.3) is 0 Å². The van der Waals surface area contributed by atoms with Crippen LogP contribution in [0.1, 0.15) is 24.1 Å². The minimum absolute atomic E-state index is 0.0631. The van der Waals surface area contributed by atoms with Gasteiger partial charge < -0.3 is 5.32 Å². The highest BCUT2D eigenvalue weighted by atomic mass is 79.9. The standard InChI is InChI=1S/C16H15Br3FN/c1-2-21-16(13-6-5-11(17)8-14(13)19)7-10-3-4-12(18)9-15(10)20/h3-6,8-9,16,21H,2,7H2,1H3. The van der Waals surface area contributed by atoms with Crippen molar-refractivity contribution in [2.45, 2.75) is 19.4 Å². The summed E-state index contributed by atoms with van der Waals surface area (Å²) in [5.74, 6) is -0.180. The molecule has 0 aliphatic heterocycles. The topological polar surface area (TPSA) is 12.0 Å². The lowest BCUT2D eigenvalue weighted by Crippen LogP contribution is -2.23. The molecule has 0 bridgehead atoms. The van der Waals surface area contributed by atoms with E-state index in [9.17, 15) is 4.39 Å². The van der Waals surface area contributed by atoms with Crippen LogP contribution in [0, 0.1) is 5.82 Å². The Morgan fingerprint density at radius 2 is 1.71 bits per heavy atom. The zero-order valence-corrected chi connectivity index (χ0v) is 16.2. The maximum absolute atomic E-state index is 14.1. The van der Waals surface area contributed by atoms with Gasteiger partial charge in [0, 0.05) is 19.5 Å². The summed E-state index contributed by atoms with van der Waals surface area (Å²) in [6.45, 7) is 2.88. The Kier molecular flexibility index (Phi) is 6.41. The van der Waals surface area contributed by atoms with E-state index >= 15 is 0 Å². The van der Waals surface area contributed by atoms with Crippen molar-refractivity contribution in [3.05, 3.63) is 66.8 Å². The first kappa shape index (κ1) is 17.1. The second-order valence-electron chi connectivity index (χ2n) is 4.72. The van der Waals surface area contributed by atoms with Gasteiger partial charge in [0.15, 0.2) is 0 Å². The number of hydrogen-bond acceptors (Lipinski definition) is 1. The Labute approximate surface area is 149 Å². The molecule has 0 heterocycles. The molecular weight excluding hydrogens is 465 g/mol. The predicted molar refractivity (Wildman–Crippen MR) is 96.1 cm³/mol. The molecule has 1 N–H and O–H groups in total. The highest BCUT2D eigenvalue weighted by molar-refractivity contribution is 9.11. The molecule has 5 heteroatoms. The lowest BCUT2D eigenvalue weighted by atomic mass is 9.98. The zero-order chi connectivity index (χ0) is 15.4. The van der Waals surface area contributed by atoms with Gasteiger partial charge >= 0.3 is 0 Å². The van der Waals surface area contributed by atoms with Crippen molar-refractivity contribution in [1.29, 1.82) is 0 Å². The van der Waals surface area contributed by atoms with E-state index in [1.807, 2.05) is 24.3 Å². The van der Waals surface area contributed by atoms with Crippen molar-refractivity contribution in [2.75, 3.05) is 6.54 Å². The van der Waals surface area contributed by atoms with Gasteiger partial charge in [0.1, 0.15) is 5.82 Å². The minimum Gasteiger partial charge on any atom is -0.310 e. The summed E-state index contributed by atoms with van der Waals surface area (Å²) in [5.41, 5.74) is 1.83. The van der Waals surface area contributed by atoms with Crippen LogP contribution < -0.4 is 5.32 Å². The van der Waals surface area contributed by atoms with Crippen molar-refractivity contribution in [2.24, 2.45) is 0 Å². The van der Waals surface area contributed by atoms with Crippen molar-refractivity contribution < 1.29 is 4.39 Å². The first-order valence-electron chi connectivity index (χ1n) is 6.63. The molecule has 2 aromatic rings. The van der Waals surface area contributed by atoms with Crippen molar-refractivity contribution in [3.8, 4) is 0 Å². The average molecular weight is 480 g/mol. The normalized spacial score (nSPS) is 12.4. The van der Waals surface area contributed by atoms with E-state index in [-0.39, 0.29) is 11.9 Å². The lowest BCUT2D eigenvalue weighted by Gasteiger charge is -2.20. The largest absolute Gasteiger partial charge is 0.310 e. The smallest absolute Gasteiger partial charge is 0.127 e. The van der Waals surface area contributed by atoms with Gasteiger partial charge in [-0.1, -0.05) is 66.8 Å². The van der Waals surface area contributed by atoms with Crippen LogP contribution in [0.15, 0.2) is 49.8 Å². The Hall–Kier alpha value is -0.230. The van der Waals surface area contributed by atoms with Crippen molar-refractivity contribution in [1.82, 2.24) is 5.32 Å². The van der Waals surface area contributed by atoms with Crippen LogP contribution in [0.5, 0.6) is 0 Å². The molecule has 1 atom stereocenters. The summed E-state index contributed by atoms with van der Waals surface area (Å²) in [6.07, 6.45) is 0.604. The number of rotatable bonds is 5. The summed E-state index contributed by atoms with van der Waals surface area (Å²) in [7, 11) is 0. The number of likely N-dealkylation sites (N-methyl/N-ethyl adjacent to an activating group) is 1. The molecule has 0 spiro atoms. The number of halogens is 4. The first-order valence-corrected chi connectivity index (χ1v) is 9.01. The SMILES string of the molecule is CCNC(Cc1ccc(Br)cc1F)c1ccc(Br)cc1Br. The second-order valence-corrected chi connectivity index (χ2v) is 7.40. The molecule has 2 aromatic carbocycles. The van der Waals surface area contributed by atoms with Crippen LogP contribution in [0.4, 0.5) is 4.39 Å². The van der Waals surface area contributed by atoms with Crippen LogP contribution in [-0.4, -0.2) is 6.54 Å². The average Bonchev–Trinajstić information content (AvgIpc) is 2.41. The van der Waals surface area contributed by atoms with E-state index < -0.39 is 0 Å². The van der Waals surface area contributed by atoms with Crippen LogP contribution in [0.3, 0.4) is 0 Å². The van der Waals surface area contributed by atoms with Gasteiger partial charge in [-0.3, -0.25) is 0 Å². The molecule has 0 saturated carbocycles. The molecule has 0 aromatic heterocycles. The summed E-state index contributed by atoms with van der Waals surface area (Å²) >= 11 is 10.3. The van der Waals surface area contributed by atoms with E-state index in [0.29, 0.717) is 12.0 Å². The highest BCUT2D eigenvalue weighted by Crippen LogP contribution is 2.30. The van der Waals surface area contributed by atoms with Gasteiger partial charge in [-0.15, -0.1) is 0 Å². The molecule has 0 saturated heterocycles. The van der Waals surface area contributed by atoms with Gasteiger partial charge in [-0.2, -0.15) is 0 Å². The Morgan fingerprint density at radius 3 is 2.33 bits per heavy atom. The zero-order valence-electron chi connectivity index (χ0n) is 11.5. The first-order chi connectivity index (χ1) is 10.0. The highest BCUT2D eigenvalue weighted by Gasteiger charge is 2.16. The third kappa shape index (κ3) is 4.62. The Morgan fingerprint density at radius 1 is 1.05 bits per heavy atom. The fourth-order valence-corrected chi connectivity index (χ4v) is 3.89. The second kappa shape index (κ2) is 7.86. The van der Waals surface area contributed by atoms with Crippen molar-refractivity contribution >= 4 is 47.8 Å². The van der Waals surface area contributed by atoms with Crippen molar-refractivity contribution in [3.63, 3.8) is 0 Å². The number of hydrogen-bond donors (Lipinski definition) is 1. The van der Waals surface area contributed by atoms with E-state index in [1.165, 1.54) is 6.07 Å². The summed E-state index contributed by atoms with van der Waals surface area (Å²) < 4.78 is 16.8. The Balaban J connectivity index is 2.30. The molecule has 0 amide bonds. The maximum atomic E-state index is 14.1. The molecule has 112 valence electrons. The van der Waals surface area contributed by atoms with E-state index in [1.54, 1.807) is 0 Å². The minimum atomic E-state index is -0.180.